The van der Waals surface area contributed by atoms with Crippen LogP contribution in [0.2, 0.25) is 0 Å². The maximum atomic E-state index is 10.8. The van der Waals surface area contributed by atoms with Crippen LogP contribution in [-0.4, -0.2) is 38.5 Å². The van der Waals surface area contributed by atoms with Crippen molar-refractivity contribution in [2.24, 2.45) is 0 Å². The zero-order valence-corrected chi connectivity index (χ0v) is 6.32. The highest BCUT2D eigenvalue weighted by molar-refractivity contribution is 7.91. The molecular formula is C5H11NO2S. The van der Waals surface area contributed by atoms with Crippen LogP contribution in [0, 0.1) is 0 Å². The van der Waals surface area contributed by atoms with Crippen molar-refractivity contribution in [1.82, 2.24) is 4.90 Å². The average molecular weight is 149 g/mol. The van der Waals surface area contributed by atoms with E-state index in [0.717, 1.165) is 13.0 Å². The highest BCUT2D eigenvalue weighted by Crippen LogP contribution is 2.04. The molecule has 0 aromatic rings. The zero-order chi connectivity index (χ0) is 6.91. The van der Waals surface area contributed by atoms with Crippen molar-refractivity contribution < 1.29 is 8.42 Å². The van der Waals surface area contributed by atoms with Gasteiger partial charge in [0.15, 0.2) is 9.84 Å². The summed E-state index contributed by atoms with van der Waals surface area (Å²) >= 11 is 0. The summed E-state index contributed by atoms with van der Waals surface area (Å²) in [6.07, 6.45) is 0.791. The van der Waals surface area contributed by atoms with Crippen molar-refractivity contribution in [2.45, 2.75) is 6.42 Å². The van der Waals surface area contributed by atoms with E-state index in [2.05, 4.69) is 0 Å². The lowest BCUT2D eigenvalue weighted by molar-refractivity contribution is 0.365. The Morgan fingerprint density at radius 3 is 2.44 bits per heavy atom. The summed E-state index contributed by atoms with van der Waals surface area (Å²) in [5, 5.41) is 0. The second-order valence-corrected chi connectivity index (χ2v) is 4.66. The van der Waals surface area contributed by atoms with Crippen LogP contribution in [0.3, 0.4) is 0 Å². The van der Waals surface area contributed by atoms with E-state index in [9.17, 15) is 8.42 Å². The minimum Gasteiger partial charge on any atom is -0.293 e. The lowest BCUT2D eigenvalue weighted by atomic mass is 10.4. The predicted molar refractivity (Wildman–Crippen MR) is 35.9 cm³/mol. The Kier molecular flexibility index (Phi) is 1.77. The SMILES string of the molecule is CN1CCCS(=O)(=O)C1. The second kappa shape index (κ2) is 2.27. The summed E-state index contributed by atoms with van der Waals surface area (Å²) < 4.78 is 21.6. The minimum absolute atomic E-state index is 0.243. The molecule has 0 unspecified atom stereocenters. The van der Waals surface area contributed by atoms with Gasteiger partial charge in [0.05, 0.1) is 5.75 Å². The van der Waals surface area contributed by atoms with Crippen LogP contribution in [0.5, 0.6) is 0 Å². The van der Waals surface area contributed by atoms with Gasteiger partial charge in [-0.3, -0.25) is 4.90 Å². The molecule has 1 heterocycles. The largest absolute Gasteiger partial charge is 0.293 e. The molecule has 0 bridgehead atoms. The smallest absolute Gasteiger partial charge is 0.163 e. The summed E-state index contributed by atoms with van der Waals surface area (Å²) in [5.74, 6) is 0.615. The van der Waals surface area contributed by atoms with Crippen molar-refractivity contribution >= 4 is 9.84 Å². The fraction of sp³-hybridized carbons (Fsp3) is 1.00. The van der Waals surface area contributed by atoms with Crippen LogP contribution in [0.4, 0.5) is 0 Å². The molecule has 0 atom stereocenters. The van der Waals surface area contributed by atoms with Gasteiger partial charge in [0.2, 0.25) is 0 Å². The number of sulfone groups is 1. The molecule has 0 N–H and O–H groups in total. The molecule has 0 radical (unpaired) electrons. The maximum absolute atomic E-state index is 10.8. The number of rotatable bonds is 0. The number of hydrogen-bond acceptors (Lipinski definition) is 3. The molecule has 1 saturated heterocycles. The Balaban J connectivity index is 2.62. The van der Waals surface area contributed by atoms with E-state index < -0.39 is 9.84 Å². The van der Waals surface area contributed by atoms with Crippen LogP contribution in [0.25, 0.3) is 0 Å². The van der Waals surface area contributed by atoms with Crippen molar-refractivity contribution in [2.75, 3.05) is 25.2 Å². The highest BCUT2D eigenvalue weighted by Gasteiger charge is 2.18. The molecule has 4 heteroatoms. The number of nitrogens with zero attached hydrogens (tertiary/aromatic N) is 1. The predicted octanol–water partition coefficient (Wildman–Crippen LogP) is -0.306. The third-order valence-electron chi connectivity index (χ3n) is 1.41. The van der Waals surface area contributed by atoms with E-state index in [0.29, 0.717) is 5.75 Å². The Morgan fingerprint density at radius 1 is 1.44 bits per heavy atom. The van der Waals surface area contributed by atoms with Crippen LogP contribution >= 0.6 is 0 Å². The molecule has 0 spiro atoms. The fourth-order valence-electron chi connectivity index (χ4n) is 1.02. The average Bonchev–Trinajstić information content (AvgIpc) is 1.60. The Morgan fingerprint density at radius 2 is 2.11 bits per heavy atom. The van der Waals surface area contributed by atoms with Gasteiger partial charge < -0.3 is 0 Å². The fourth-order valence-corrected chi connectivity index (χ4v) is 2.52. The monoisotopic (exact) mass is 149 g/mol. The topological polar surface area (TPSA) is 37.4 Å². The summed E-state index contributed by atoms with van der Waals surface area (Å²) in [4.78, 5) is 1.83. The lowest BCUT2D eigenvalue weighted by Crippen LogP contribution is -2.34. The van der Waals surface area contributed by atoms with E-state index in [-0.39, 0.29) is 5.88 Å². The maximum Gasteiger partial charge on any atom is 0.163 e. The third kappa shape index (κ3) is 1.95. The molecule has 0 aliphatic carbocycles. The lowest BCUT2D eigenvalue weighted by Gasteiger charge is -2.21. The zero-order valence-electron chi connectivity index (χ0n) is 5.50. The molecule has 3 nitrogen and oxygen atoms in total. The molecule has 54 valence electrons. The van der Waals surface area contributed by atoms with Gasteiger partial charge >= 0.3 is 0 Å². The molecule has 1 aliphatic rings. The van der Waals surface area contributed by atoms with E-state index in [1.165, 1.54) is 0 Å². The standard InChI is InChI=1S/C5H11NO2S/c1-6-3-2-4-9(7,8)5-6/h2-5H2,1H3. The Hall–Kier alpha value is -0.0900. The summed E-state index contributed by atoms with van der Waals surface area (Å²) in [6.45, 7) is 0.916. The van der Waals surface area contributed by atoms with Gasteiger partial charge in [-0.1, -0.05) is 0 Å². The molecule has 0 saturated carbocycles. The van der Waals surface area contributed by atoms with Gasteiger partial charge in [-0.2, -0.15) is 0 Å². The Labute approximate surface area is 55.6 Å². The van der Waals surface area contributed by atoms with Crippen LogP contribution in [-0.2, 0) is 9.84 Å². The summed E-state index contributed by atoms with van der Waals surface area (Å²) in [6, 6.07) is 0. The minimum atomic E-state index is -2.71. The van der Waals surface area contributed by atoms with Gasteiger partial charge in [0, 0.05) is 0 Å². The van der Waals surface area contributed by atoms with Gasteiger partial charge in [-0.15, -0.1) is 0 Å². The third-order valence-corrected chi connectivity index (χ3v) is 3.16. The first-order valence-electron chi connectivity index (χ1n) is 2.99. The molecular weight excluding hydrogens is 138 g/mol. The quantitative estimate of drug-likeness (QED) is 0.474. The van der Waals surface area contributed by atoms with Gasteiger partial charge in [-0.05, 0) is 20.0 Å². The molecule has 0 aromatic heterocycles. The summed E-state index contributed by atoms with van der Waals surface area (Å²) in [7, 11) is -0.876. The van der Waals surface area contributed by atoms with Crippen molar-refractivity contribution in [3.05, 3.63) is 0 Å². The van der Waals surface area contributed by atoms with Gasteiger partial charge in [0.1, 0.15) is 5.88 Å². The van der Waals surface area contributed by atoms with E-state index >= 15 is 0 Å². The van der Waals surface area contributed by atoms with E-state index in [1.807, 2.05) is 11.9 Å². The molecule has 0 aromatic carbocycles. The van der Waals surface area contributed by atoms with Crippen LogP contribution in [0.1, 0.15) is 6.42 Å². The van der Waals surface area contributed by atoms with Gasteiger partial charge in [0.25, 0.3) is 0 Å². The van der Waals surface area contributed by atoms with Gasteiger partial charge in [-0.25, -0.2) is 8.42 Å². The first kappa shape index (κ1) is 7.02. The highest BCUT2D eigenvalue weighted by atomic mass is 32.2. The molecule has 1 aliphatic heterocycles. The second-order valence-electron chi connectivity index (χ2n) is 2.51. The summed E-state index contributed by atoms with van der Waals surface area (Å²) in [5.41, 5.74) is 0. The molecule has 9 heavy (non-hydrogen) atoms. The number of hydrogen-bond donors (Lipinski definition) is 0. The van der Waals surface area contributed by atoms with Crippen molar-refractivity contribution in [1.29, 1.82) is 0 Å². The van der Waals surface area contributed by atoms with E-state index in [4.69, 9.17) is 0 Å². The van der Waals surface area contributed by atoms with Crippen molar-refractivity contribution in [3.63, 3.8) is 0 Å². The molecule has 1 fully saturated rings. The van der Waals surface area contributed by atoms with Crippen LogP contribution in [0.15, 0.2) is 0 Å². The van der Waals surface area contributed by atoms with Crippen molar-refractivity contribution in [3.8, 4) is 0 Å². The van der Waals surface area contributed by atoms with Crippen LogP contribution < -0.4 is 0 Å². The first-order valence-corrected chi connectivity index (χ1v) is 4.81. The molecule has 0 amide bonds. The molecule has 1 rings (SSSR count). The normalized spacial score (nSPS) is 28.1. The Bertz CT molecular complexity index is 185. The van der Waals surface area contributed by atoms with E-state index in [1.54, 1.807) is 0 Å². The first-order chi connectivity index (χ1) is 4.10.